The van der Waals surface area contributed by atoms with E-state index in [1.54, 1.807) is 0 Å². The molecule has 0 aromatic carbocycles. The quantitative estimate of drug-likeness (QED) is 0.690. The third-order valence-corrected chi connectivity index (χ3v) is 3.07. The van der Waals surface area contributed by atoms with Crippen LogP contribution in [0.25, 0.3) is 0 Å². The maximum atomic E-state index is 5.85. The molecule has 2 saturated heterocycles. The Balaban J connectivity index is 1.68. The molecule has 1 atom stereocenters. The second kappa shape index (κ2) is 5.07. The van der Waals surface area contributed by atoms with Crippen molar-refractivity contribution in [3.63, 3.8) is 0 Å². The van der Waals surface area contributed by atoms with E-state index >= 15 is 0 Å². The molecule has 14 heavy (non-hydrogen) atoms. The number of piperidine rings is 1. The van der Waals surface area contributed by atoms with E-state index in [1.807, 2.05) is 0 Å². The average molecular weight is 200 g/mol. The standard InChI is InChI=1S/C10H20N2O2/c11-9-1-4-12(5-2-9)7-10-3-6-13-8-14-10/h9-10H,1-8,11H2. The summed E-state index contributed by atoms with van der Waals surface area (Å²) in [4.78, 5) is 2.46. The number of ether oxygens (including phenoxy) is 2. The summed E-state index contributed by atoms with van der Waals surface area (Å²) in [5.41, 5.74) is 5.85. The highest BCUT2D eigenvalue weighted by Gasteiger charge is 2.21. The third-order valence-electron chi connectivity index (χ3n) is 3.07. The van der Waals surface area contributed by atoms with Crippen LogP contribution in [-0.2, 0) is 9.47 Å². The molecule has 2 N–H and O–H groups in total. The minimum absolute atomic E-state index is 0.373. The zero-order valence-corrected chi connectivity index (χ0v) is 8.65. The summed E-state index contributed by atoms with van der Waals surface area (Å²) in [7, 11) is 0. The molecular weight excluding hydrogens is 180 g/mol. The number of nitrogens with two attached hydrogens (primary N) is 1. The summed E-state index contributed by atoms with van der Waals surface area (Å²) >= 11 is 0. The van der Waals surface area contributed by atoms with Gasteiger partial charge in [-0.3, -0.25) is 0 Å². The van der Waals surface area contributed by atoms with Gasteiger partial charge < -0.3 is 20.1 Å². The van der Waals surface area contributed by atoms with E-state index < -0.39 is 0 Å². The van der Waals surface area contributed by atoms with Gasteiger partial charge in [-0.2, -0.15) is 0 Å². The van der Waals surface area contributed by atoms with Crippen LogP contribution in [0, 0.1) is 0 Å². The van der Waals surface area contributed by atoms with Crippen molar-refractivity contribution in [2.24, 2.45) is 5.73 Å². The summed E-state index contributed by atoms with van der Waals surface area (Å²) in [6, 6.07) is 0.418. The fraction of sp³-hybridized carbons (Fsp3) is 1.00. The van der Waals surface area contributed by atoms with E-state index in [1.165, 1.54) is 0 Å². The minimum atomic E-state index is 0.373. The van der Waals surface area contributed by atoms with Gasteiger partial charge in [0.25, 0.3) is 0 Å². The van der Waals surface area contributed by atoms with Crippen LogP contribution in [-0.4, -0.2) is 50.1 Å². The molecule has 0 spiro atoms. The van der Waals surface area contributed by atoms with Gasteiger partial charge in [-0.05, 0) is 32.4 Å². The van der Waals surface area contributed by atoms with Crippen LogP contribution in [0.2, 0.25) is 0 Å². The highest BCUT2D eigenvalue weighted by atomic mass is 16.7. The lowest BCUT2D eigenvalue weighted by atomic mass is 10.1. The van der Waals surface area contributed by atoms with Crippen LogP contribution < -0.4 is 5.73 Å². The second-order valence-corrected chi connectivity index (χ2v) is 4.24. The summed E-state index contributed by atoms with van der Waals surface area (Å²) < 4.78 is 10.7. The molecule has 0 radical (unpaired) electrons. The molecule has 2 heterocycles. The number of likely N-dealkylation sites (tertiary alicyclic amines) is 1. The summed E-state index contributed by atoms with van der Waals surface area (Å²) in [5.74, 6) is 0. The van der Waals surface area contributed by atoms with Crippen LogP contribution in [0.1, 0.15) is 19.3 Å². The highest BCUT2D eigenvalue weighted by Crippen LogP contribution is 2.12. The van der Waals surface area contributed by atoms with Crippen LogP contribution in [0.15, 0.2) is 0 Å². The van der Waals surface area contributed by atoms with Crippen molar-refractivity contribution >= 4 is 0 Å². The average Bonchev–Trinajstić information content (AvgIpc) is 2.23. The Hall–Kier alpha value is -0.160. The third kappa shape index (κ3) is 2.92. The summed E-state index contributed by atoms with van der Waals surface area (Å²) in [6.45, 7) is 4.62. The van der Waals surface area contributed by atoms with Gasteiger partial charge in [0, 0.05) is 12.6 Å². The molecule has 4 heteroatoms. The first-order chi connectivity index (χ1) is 6.84. The fourth-order valence-corrected chi connectivity index (χ4v) is 2.07. The van der Waals surface area contributed by atoms with Gasteiger partial charge in [-0.15, -0.1) is 0 Å². The molecule has 2 aliphatic rings. The van der Waals surface area contributed by atoms with Crippen LogP contribution >= 0.6 is 0 Å². The molecule has 1 unspecified atom stereocenters. The van der Waals surface area contributed by atoms with Crippen LogP contribution in [0.5, 0.6) is 0 Å². The predicted octanol–water partition coefficient (Wildman–Crippen LogP) is 0.172. The van der Waals surface area contributed by atoms with Crippen LogP contribution in [0.4, 0.5) is 0 Å². The largest absolute Gasteiger partial charge is 0.355 e. The van der Waals surface area contributed by atoms with Gasteiger partial charge in [0.15, 0.2) is 0 Å². The molecule has 2 aliphatic heterocycles. The summed E-state index contributed by atoms with van der Waals surface area (Å²) in [6.07, 6.45) is 3.66. The number of hydrogen-bond donors (Lipinski definition) is 1. The van der Waals surface area contributed by atoms with Crippen molar-refractivity contribution in [1.29, 1.82) is 0 Å². The highest BCUT2D eigenvalue weighted by molar-refractivity contribution is 4.76. The van der Waals surface area contributed by atoms with E-state index in [4.69, 9.17) is 15.2 Å². The molecule has 0 saturated carbocycles. The van der Waals surface area contributed by atoms with Crippen molar-refractivity contribution in [3.8, 4) is 0 Å². The molecule has 0 aromatic rings. The second-order valence-electron chi connectivity index (χ2n) is 4.24. The Morgan fingerprint density at radius 1 is 1.21 bits per heavy atom. The van der Waals surface area contributed by atoms with E-state index in [0.717, 1.165) is 45.5 Å². The van der Waals surface area contributed by atoms with Gasteiger partial charge in [0.05, 0.1) is 12.7 Å². The van der Waals surface area contributed by atoms with Gasteiger partial charge in [-0.1, -0.05) is 0 Å². The van der Waals surface area contributed by atoms with Crippen LogP contribution in [0.3, 0.4) is 0 Å². The maximum absolute atomic E-state index is 5.85. The monoisotopic (exact) mass is 200 g/mol. The van der Waals surface area contributed by atoms with E-state index in [2.05, 4.69) is 4.90 Å². The molecule has 0 aromatic heterocycles. The zero-order chi connectivity index (χ0) is 9.80. The lowest BCUT2D eigenvalue weighted by molar-refractivity contribution is -0.145. The Bertz CT molecular complexity index is 164. The first kappa shape index (κ1) is 10.4. The maximum Gasteiger partial charge on any atom is 0.147 e. The summed E-state index contributed by atoms with van der Waals surface area (Å²) in [5, 5.41) is 0. The van der Waals surface area contributed by atoms with Crippen molar-refractivity contribution in [1.82, 2.24) is 4.90 Å². The molecule has 0 amide bonds. The SMILES string of the molecule is NC1CCN(CC2CCOCO2)CC1. The van der Waals surface area contributed by atoms with Crippen molar-refractivity contribution in [3.05, 3.63) is 0 Å². The normalized spacial score (nSPS) is 31.9. The van der Waals surface area contributed by atoms with Crippen molar-refractivity contribution < 1.29 is 9.47 Å². The Labute approximate surface area is 85.3 Å². The minimum Gasteiger partial charge on any atom is -0.355 e. The van der Waals surface area contributed by atoms with Gasteiger partial charge in [0.2, 0.25) is 0 Å². The van der Waals surface area contributed by atoms with Crippen molar-refractivity contribution in [2.75, 3.05) is 33.0 Å². The molecule has 0 aliphatic carbocycles. The molecule has 2 fully saturated rings. The topological polar surface area (TPSA) is 47.7 Å². The first-order valence-electron chi connectivity index (χ1n) is 5.52. The van der Waals surface area contributed by atoms with Gasteiger partial charge in [-0.25, -0.2) is 0 Å². The Kier molecular flexibility index (Phi) is 3.75. The van der Waals surface area contributed by atoms with E-state index in [9.17, 15) is 0 Å². The molecule has 2 rings (SSSR count). The van der Waals surface area contributed by atoms with E-state index in [0.29, 0.717) is 18.9 Å². The number of nitrogens with zero attached hydrogens (tertiary/aromatic N) is 1. The number of rotatable bonds is 2. The van der Waals surface area contributed by atoms with Gasteiger partial charge >= 0.3 is 0 Å². The van der Waals surface area contributed by atoms with E-state index in [-0.39, 0.29) is 0 Å². The first-order valence-corrected chi connectivity index (χ1v) is 5.52. The predicted molar refractivity (Wildman–Crippen MR) is 54.0 cm³/mol. The lowest BCUT2D eigenvalue weighted by Crippen LogP contribution is -2.44. The molecule has 4 nitrogen and oxygen atoms in total. The Morgan fingerprint density at radius 3 is 2.64 bits per heavy atom. The van der Waals surface area contributed by atoms with Gasteiger partial charge in [0.1, 0.15) is 6.79 Å². The molecular formula is C10H20N2O2. The van der Waals surface area contributed by atoms with Crippen molar-refractivity contribution in [2.45, 2.75) is 31.4 Å². The molecule has 0 bridgehead atoms. The fourth-order valence-electron chi connectivity index (χ4n) is 2.07. The Morgan fingerprint density at radius 2 is 2.00 bits per heavy atom. The number of hydrogen-bond acceptors (Lipinski definition) is 4. The molecule has 82 valence electrons. The zero-order valence-electron chi connectivity index (χ0n) is 8.65. The lowest BCUT2D eigenvalue weighted by Gasteiger charge is -2.34. The smallest absolute Gasteiger partial charge is 0.147 e.